The highest BCUT2D eigenvalue weighted by atomic mass is 35.5. The van der Waals surface area contributed by atoms with Crippen molar-refractivity contribution < 1.29 is 14.3 Å². The summed E-state index contributed by atoms with van der Waals surface area (Å²) >= 11 is 6.01. The van der Waals surface area contributed by atoms with Crippen molar-refractivity contribution >= 4 is 23.2 Å². The van der Waals surface area contributed by atoms with Gasteiger partial charge in [-0.25, -0.2) is 18.9 Å². The number of fused-ring (bicyclic) bond motifs is 1. The molecule has 0 fully saturated rings. The number of benzene rings is 1. The Morgan fingerprint density at radius 2 is 2.03 bits per heavy atom. The van der Waals surface area contributed by atoms with Crippen LogP contribution in [0.3, 0.4) is 0 Å². The van der Waals surface area contributed by atoms with E-state index in [1.54, 1.807) is 49.1 Å². The zero-order valence-corrected chi connectivity index (χ0v) is 18.3. The molecule has 10 heteroatoms. The van der Waals surface area contributed by atoms with Crippen LogP contribution in [0.5, 0.6) is 0 Å². The monoisotopic (exact) mass is 456 g/mol. The van der Waals surface area contributed by atoms with Gasteiger partial charge in [-0.15, -0.1) is 0 Å². The van der Waals surface area contributed by atoms with E-state index in [-0.39, 0.29) is 11.4 Å². The summed E-state index contributed by atoms with van der Waals surface area (Å²) in [5.74, 6) is -1.01. The minimum Gasteiger partial charge on any atom is -0.390 e. The topological polar surface area (TPSA) is 111 Å². The molecule has 0 saturated carbocycles. The fourth-order valence-electron chi connectivity index (χ4n) is 3.42. The number of nitrogens with two attached hydrogens (primary N) is 1. The van der Waals surface area contributed by atoms with Crippen LogP contribution < -0.4 is 5.73 Å². The van der Waals surface area contributed by atoms with Crippen molar-refractivity contribution in [2.24, 2.45) is 5.73 Å². The molecule has 3 N–H and O–H groups in total. The number of carbonyl (C=O) groups is 1. The molecule has 0 saturated heterocycles. The van der Waals surface area contributed by atoms with Gasteiger partial charge in [-0.3, -0.25) is 4.79 Å². The normalized spacial score (nSPS) is 11.9. The quantitative estimate of drug-likeness (QED) is 0.443. The summed E-state index contributed by atoms with van der Waals surface area (Å²) in [6, 6.07) is 7.97. The SMILES string of the molecule is CC(C)(O)CCn1cnc(-c2ccc(F)c(Cl)c2)c1-c1ccc2ncc(CC(N)=O)n2n1. The molecule has 8 nitrogen and oxygen atoms in total. The average molecular weight is 457 g/mol. The summed E-state index contributed by atoms with van der Waals surface area (Å²) in [5, 5.41) is 14.9. The molecule has 4 rings (SSSR count). The van der Waals surface area contributed by atoms with Crippen molar-refractivity contribution in [3.63, 3.8) is 0 Å². The summed E-state index contributed by atoms with van der Waals surface area (Å²) in [5.41, 5.74) is 8.01. The zero-order valence-electron chi connectivity index (χ0n) is 17.6. The van der Waals surface area contributed by atoms with E-state index in [2.05, 4.69) is 15.1 Å². The molecule has 1 aromatic carbocycles. The Kier molecular flexibility index (Phi) is 5.70. The van der Waals surface area contributed by atoms with E-state index in [0.29, 0.717) is 47.0 Å². The fourth-order valence-corrected chi connectivity index (χ4v) is 3.60. The van der Waals surface area contributed by atoms with Gasteiger partial charge in [0.05, 0.1) is 46.7 Å². The van der Waals surface area contributed by atoms with Gasteiger partial charge in [-0.2, -0.15) is 5.10 Å². The first-order valence-electron chi connectivity index (χ1n) is 9.97. The Morgan fingerprint density at radius 1 is 1.25 bits per heavy atom. The standard InChI is InChI=1S/C22H22ClFN6O2/c1-22(2,32)7-8-29-12-27-20(13-3-4-16(24)15(23)9-13)21(29)17-5-6-19-26-11-14(10-18(25)31)30(19)28-17/h3-6,9,11-12,32H,7-8,10H2,1-2H3,(H2,25,31). The predicted molar refractivity (Wildman–Crippen MR) is 118 cm³/mol. The van der Waals surface area contributed by atoms with E-state index in [9.17, 15) is 14.3 Å². The van der Waals surface area contributed by atoms with E-state index >= 15 is 0 Å². The Hall–Kier alpha value is -3.30. The van der Waals surface area contributed by atoms with Gasteiger partial charge < -0.3 is 15.4 Å². The molecule has 0 unspecified atom stereocenters. The molecule has 3 aromatic heterocycles. The van der Waals surface area contributed by atoms with Crippen LogP contribution in [0.25, 0.3) is 28.3 Å². The smallest absolute Gasteiger partial charge is 0.223 e. The van der Waals surface area contributed by atoms with Gasteiger partial charge >= 0.3 is 0 Å². The lowest BCUT2D eigenvalue weighted by Gasteiger charge is -2.18. The molecule has 3 heterocycles. The highest BCUT2D eigenvalue weighted by Gasteiger charge is 2.21. The average Bonchev–Trinajstić information content (AvgIpc) is 3.31. The summed E-state index contributed by atoms with van der Waals surface area (Å²) < 4.78 is 17.2. The summed E-state index contributed by atoms with van der Waals surface area (Å²) in [6.45, 7) is 3.94. The minimum absolute atomic E-state index is 0.00396. The van der Waals surface area contributed by atoms with Crippen LogP contribution in [-0.2, 0) is 17.8 Å². The number of aromatic nitrogens is 5. The maximum atomic E-state index is 13.7. The molecule has 4 aromatic rings. The molecule has 166 valence electrons. The van der Waals surface area contributed by atoms with Gasteiger partial charge in [0.15, 0.2) is 5.65 Å². The number of aryl methyl sites for hydroxylation is 1. The van der Waals surface area contributed by atoms with Crippen molar-refractivity contribution in [3.05, 3.63) is 59.4 Å². The number of hydrogen-bond acceptors (Lipinski definition) is 5. The molecule has 0 aliphatic rings. The molecular formula is C22H22ClFN6O2. The van der Waals surface area contributed by atoms with E-state index in [1.165, 1.54) is 12.1 Å². The maximum absolute atomic E-state index is 13.7. The van der Waals surface area contributed by atoms with Gasteiger partial charge in [0, 0.05) is 12.1 Å². The summed E-state index contributed by atoms with van der Waals surface area (Å²) in [7, 11) is 0. The van der Waals surface area contributed by atoms with Crippen LogP contribution in [0, 0.1) is 5.82 Å². The second kappa shape index (κ2) is 8.33. The maximum Gasteiger partial charge on any atom is 0.223 e. The van der Waals surface area contributed by atoms with Crippen LogP contribution in [0.1, 0.15) is 26.0 Å². The molecule has 0 bridgehead atoms. The van der Waals surface area contributed by atoms with Gasteiger partial charge in [0.1, 0.15) is 11.5 Å². The third-order valence-electron chi connectivity index (χ3n) is 5.03. The minimum atomic E-state index is -0.878. The van der Waals surface area contributed by atoms with Crippen LogP contribution in [0.4, 0.5) is 4.39 Å². The Balaban J connectivity index is 1.87. The fraction of sp³-hybridized carbons (Fsp3) is 0.273. The molecule has 0 aliphatic heterocycles. The predicted octanol–water partition coefficient (Wildman–Crippen LogP) is 3.24. The van der Waals surface area contributed by atoms with Crippen molar-refractivity contribution in [3.8, 4) is 22.6 Å². The van der Waals surface area contributed by atoms with Gasteiger partial charge in [0.25, 0.3) is 0 Å². The van der Waals surface area contributed by atoms with Crippen LogP contribution in [0.2, 0.25) is 5.02 Å². The van der Waals surface area contributed by atoms with Gasteiger partial charge in [0.2, 0.25) is 5.91 Å². The number of primary amides is 1. The number of carbonyl (C=O) groups excluding carboxylic acids is 1. The number of halogens is 2. The van der Waals surface area contributed by atoms with Crippen LogP contribution in [0.15, 0.2) is 42.9 Å². The third kappa shape index (κ3) is 4.49. The van der Waals surface area contributed by atoms with E-state index in [0.717, 1.165) is 0 Å². The summed E-state index contributed by atoms with van der Waals surface area (Å²) in [6.07, 6.45) is 3.68. The second-order valence-corrected chi connectivity index (χ2v) is 8.61. The summed E-state index contributed by atoms with van der Waals surface area (Å²) in [4.78, 5) is 20.2. The number of imidazole rings is 2. The highest BCUT2D eigenvalue weighted by molar-refractivity contribution is 6.31. The molecule has 32 heavy (non-hydrogen) atoms. The van der Waals surface area contributed by atoms with E-state index in [1.807, 2.05) is 4.57 Å². The number of rotatable bonds is 7. The van der Waals surface area contributed by atoms with Crippen molar-refractivity contribution in [1.82, 2.24) is 24.1 Å². The first-order chi connectivity index (χ1) is 15.1. The zero-order chi connectivity index (χ0) is 23.0. The third-order valence-corrected chi connectivity index (χ3v) is 5.32. The largest absolute Gasteiger partial charge is 0.390 e. The van der Waals surface area contributed by atoms with Crippen molar-refractivity contribution in [2.75, 3.05) is 0 Å². The molecule has 0 radical (unpaired) electrons. The Bertz CT molecular complexity index is 1310. The number of nitrogens with zero attached hydrogens (tertiary/aromatic N) is 5. The number of amides is 1. The molecule has 0 atom stereocenters. The molecule has 0 aliphatic carbocycles. The first-order valence-corrected chi connectivity index (χ1v) is 10.4. The Labute approximate surface area is 188 Å². The van der Waals surface area contributed by atoms with Crippen molar-refractivity contribution in [1.29, 1.82) is 0 Å². The van der Waals surface area contributed by atoms with Crippen LogP contribution in [-0.4, -0.2) is 40.8 Å². The van der Waals surface area contributed by atoms with Crippen LogP contribution >= 0.6 is 11.6 Å². The number of hydrogen-bond donors (Lipinski definition) is 2. The molecular weight excluding hydrogens is 435 g/mol. The van der Waals surface area contributed by atoms with E-state index in [4.69, 9.17) is 17.3 Å². The first kappa shape index (κ1) is 21.9. The lowest BCUT2D eigenvalue weighted by molar-refractivity contribution is -0.117. The molecule has 1 amide bonds. The van der Waals surface area contributed by atoms with E-state index < -0.39 is 17.3 Å². The second-order valence-electron chi connectivity index (χ2n) is 8.21. The van der Waals surface area contributed by atoms with Gasteiger partial charge in [-0.05, 0) is 50.6 Å². The van der Waals surface area contributed by atoms with Gasteiger partial charge in [-0.1, -0.05) is 11.6 Å². The lowest BCUT2D eigenvalue weighted by Crippen LogP contribution is -2.21. The number of aliphatic hydroxyl groups is 1. The molecule has 0 spiro atoms. The van der Waals surface area contributed by atoms with Crippen molar-refractivity contribution in [2.45, 2.75) is 38.8 Å². The lowest BCUT2D eigenvalue weighted by atomic mass is 10.1. The highest BCUT2D eigenvalue weighted by Crippen LogP contribution is 2.33. The Morgan fingerprint density at radius 3 is 2.72 bits per heavy atom.